The van der Waals surface area contributed by atoms with Gasteiger partial charge >= 0.3 is 0 Å². The normalized spacial score (nSPS) is 13.8. The van der Waals surface area contributed by atoms with Gasteiger partial charge in [-0.2, -0.15) is 5.10 Å². The molecular weight excluding hydrogens is 278 g/mol. The van der Waals surface area contributed by atoms with Crippen molar-refractivity contribution in [3.05, 3.63) is 6.20 Å². The summed E-state index contributed by atoms with van der Waals surface area (Å²) in [5.74, 6) is 0.0365. The van der Waals surface area contributed by atoms with E-state index in [-0.39, 0.29) is 16.8 Å². The van der Waals surface area contributed by atoms with Crippen molar-refractivity contribution in [3.63, 3.8) is 0 Å². The summed E-state index contributed by atoms with van der Waals surface area (Å²) in [4.78, 5) is 2.21. The molecule has 0 aromatic carbocycles. The molecule has 116 valence electrons. The number of aryl methyl sites for hydroxylation is 1. The number of anilines is 1. The van der Waals surface area contributed by atoms with E-state index in [1.165, 1.54) is 10.9 Å². The fourth-order valence-corrected chi connectivity index (χ4v) is 3.33. The maximum absolute atomic E-state index is 12.3. The van der Waals surface area contributed by atoms with Crippen molar-refractivity contribution in [2.24, 2.45) is 0 Å². The number of rotatable bonds is 8. The highest BCUT2D eigenvalue weighted by molar-refractivity contribution is 7.89. The largest absolute Gasteiger partial charge is 0.381 e. The number of nitrogens with one attached hydrogen (secondary N) is 1. The van der Waals surface area contributed by atoms with Gasteiger partial charge in [-0.25, -0.2) is 13.1 Å². The number of sulfonamides is 1. The predicted molar refractivity (Wildman–Crippen MR) is 79.9 cm³/mol. The first-order valence-corrected chi connectivity index (χ1v) is 8.39. The Morgan fingerprint density at radius 1 is 1.40 bits per heavy atom. The van der Waals surface area contributed by atoms with Crippen molar-refractivity contribution >= 4 is 15.8 Å². The summed E-state index contributed by atoms with van der Waals surface area (Å²) in [6, 6.07) is -0.190. The molecule has 7 nitrogen and oxygen atoms in total. The maximum atomic E-state index is 12.3. The molecule has 0 amide bonds. The van der Waals surface area contributed by atoms with Gasteiger partial charge in [0.1, 0.15) is 4.90 Å². The van der Waals surface area contributed by atoms with E-state index in [0.717, 1.165) is 13.1 Å². The molecule has 8 heteroatoms. The fraction of sp³-hybridized carbons (Fsp3) is 0.750. The first-order chi connectivity index (χ1) is 9.33. The molecule has 20 heavy (non-hydrogen) atoms. The summed E-state index contributed by atoms with van der Waals surface area (Å²) in [6.45, 7) is 10.8. The fourth-order valence-electron chi connectivity index (χ4n) is 2.02. The Kier molecular flexibility index (Phi) is 5.97. The van der Waals surface area contributed by atoms with Crippen LogP contribution in [0.1, 0.15) is 27.7 Å². The van der Waals surface area contributed by atoms with E-state index in [1.54, 1.807) is 0 Å². The average molecular weight is 303 g/mol. The summed E-state index contributed by atoms with van der Waals surface area (Å²) in [5, 5.41) is 3.96. The number of nitrogens with zero attached hydrogens (tertiary/aromatic N) is 3. The van der Waals surface area contributed by atoms with Crippen LogP contribution in [0.3, 0.4) is 0 Å². The van der Waals surface area contributed by atoms with Crippen LogP contribution in [0, 0.1) is 0 Å². The molecular formula is C12H25N5O2S. The molecule has 1 aromatic rings. The van der Waals surface area contributed by atoms with Gasteiger partial charge in [0.2, 0.25) is 10.0 Å². The van der Waals surface area contributed by atoms with Crippen LogP contribution in [0.15, 0.2) is 11.1 Å². The Bertz CT molecular complexity index is 522. The van der Waals surface area contributed by atoms with E-state index in [0.29, 0.717) is 13.1 Å². The van der Waals surface area contributed by atoms with Gasteiger partial charge in [-0.1, -0.05) is 13.8 Å². The standard InChI is InChI=1S/C12H25N5O2S/c1-5-16(6-2)8-10(4)15-20(18,19)11-9-17(7-3)14-12(11)13/h9-10,15H,5-8H2,1-4H3,(H2,13,14). The van der Waals surface area contributed by atoms with E-state index in [4.69, 9.17) is 5.73 Å². The molecule has 0 radical (unpaired) electrons. The number of nitrogens with two attached hydrogens (primary N) is 1. The van der Waals surface area contributed by atoms with Gasteiger partial charge in [-0.15, -0.1) is 0 Å². The number of nitrogen functional groups attached to an aromatic ring is 1. The molecule has 0 saturated carbocycles. The van der Waals surface area contributed by atoms with Crippen LogP contribution in [0.2, 0.25) is 0 Å². The average Bonchev–Trinajstić information content (AvgIpc) is 2.77. The monoisotopic (exact) mass is 303 g/mol. The zero-order valence-electron chi connectivity index (χ0n) is 12.6. The molecule has 0 aliphatic heterocycles. The summed E-state index contributed by atoms with van der Waals surface area (Å²) in [6.07, 6.45) is 1.46. The Balaban J connectivity index is 2.81. The second-order valence-electron chi connectivity index (χ2n) is 4.74. The van der Waals surface area contributed by atoms with Crippen LogP contribution in [-0.4, -0.2) is 48.8 Å². The molecule has 0 aliphatic rings. The van der Waals surface area contributed by atoms with E-state index >= 15 is 0 Å². The first-order valence-electron chi connectivity index (χ1n) is 6.91. The van der Waals surface area contributed by atoms with Crippen LogP contribution >= 0.6 is 0 Å². The van der Waals surface area contributed by atoms with Crippen molar-refractivity contribution in [3.8, 4) is 0 Å². The number of hydrogen-bond acceptors (Lipinski definition) is 5. The Morgan fingerprint density at radius 3 is 2.45 bits per heavy atom. The number of aromatic nitrogens is 2. The van der Waals surface area contributed by atoms with Crippen molar-refractivity contribution in [2.45, 2.75) is 45.2 Å². The summed E-state index contributed by atoms with van der Waals surface area (Å²) in [7, 11) is -3.63. The van der Waals surface area contributed by atoms with Crippen molar-refractivity contribution in [1.29, 1.82) is 0 Å². The zero-order chi connectivity index (χ0) is 15.3. The van der Waals surface area contributed by atoms with Crippen LogP contribution in [0.4, 0.5) is 5.82 Å². The van der Waals surface area contributed by atoms with Crippen molar-refractivity contribution in [2.75, 3.05) is 25.4 Å². The third kappa shape index (κ3) is 4.19. The van der Waals surface area contributed by atoms with Gasteiger partial charge < -0.3 is 10.6 Å². The summed E-state index contributed by atoms with van der Waals surface area (Å²) < 4.78 is 28.7. The molecule has 0 bridgehead atoms. The number of likely N-dealkylation sites (N-methyl/N-ethyl adjacent to an activating group) is 1. The van der Waals surface area contributed by atoms with Crippen LogP contribution in [0.5, 0.6) is 0 Å². The molecule has 0 saturated heterocycles. The predicted octanol–water partition coefficient (Wildman–Crippen LogP) is 0.494. The lowest BCUT2D eigenvalue weighted by molar-refractivity contribution is 0.282. The van der Waals surface area contributed by atoms with Gasteiger partial charge in [0.15, 0.2) is 5.82 Å². The maximum Gasteiger partial charge on any atom is 0.246 e. The molecule has 1 unspecified atom stereocenters. The molecule has 1 rings (SSSR count). The van der Waals surface area contributed by atoms with E-state index < -0.39 is 10.0 Å². The van der Waals surface area contributed by atoms with E-state index in [2.05, 4.69) is 14.7 Å². The van der Waals surface area contributed by atoms with Gasteiger partial charge in [-0.05, 0) is 26.9 Å². The second-order valence-corrected chi connectivity index (χ2v) is 6.42. The second kappa shape index (κ2) is 7.05. The topological polar surface area (TPSA) is 93.2 Å². The Labute approximate surface area is 121 Å². The quantitative estimate of drug-likeness (QED) is 0.729. The van der Waals surface area contributed by atoms with Gasteiger partial charge in [-0.3, -0.25) is 4.68 Å². The lowest BCUT2D eigenvalue weighted by Crippen LogP contribution is -2.41. The first kappa shape index (κ1) is 16.9. The van der Waals surface area contributed by atoms with Crippen LogP contribution in [0.25, 0.3) is 0 Å². The van der Waals surface area contributed by atoms with Gasteiger partial charge in [0.05, 0.1) is 0 Å². The highest BCUT2D eigenvalue weighted by Crippen LogP contribution is 2.16. The molecule has 1 heterocycles. The lowest BCUT2D eigenvalue weighted by Gasteiger charge is -2.23. The van der Waals surface area contributed by atoms with Crippen LogP contribution < -0.4 is 10.5 Å². The molecule has 0 fully saturated rings. The molecule has 0 aliphatic carbocycles. The summed E-state index contributed by atoms with van der Waals surface area (Å²) in [5.41, 5.74) is 5.67. The van der Waals surface area contributed by atoms with E-state index in [9.17, 15) is 8.42 Å². The third-order valence-electron chi connectivity index (χ3n) is 3.15. The molecule has 1 aromatic heterocycles. The third-order valence-corrected chi connectivity index (χ3v) is 4.76. The SMILES string of the molecule is CCN(CC)CC(C)NS(=O)(=O)c1cn(CC)nc1N. The van der Waals surface area contributed by atoms with Crippen LogP contribution in [-0.2, 0) is 16.6 Å². The highest BCUT2D eigenvalue weighted by Gasteiger charge is 2.23. The highest BCUT2D eigenvalue weighted by atomic mass is 32.2. The van der Waals surface area contributed by atoms with Gasteiger partial charge in [0, 0.05) is 25.3 Å². The number of hydrogen-bond donors (Lipinski definition) is 2. The minimum Gasteiger partial charge on any atom is -0.381 e. The summed E-state index contributed by atoms with van der Waals surface area (Å²) >= 11 is 0. The zero-order valence-corrected chi connectivity index (χ0v) is 13.4. The molecule has 1 atom stereocenters. The molecule has 3 N–H and O–H groups in total. The Hall–Kier alpha value is -1.12. The minimum atomic E-state index is -3.63. The van der Waals surface area contributed by atoms with E-state index in [1.807, 2.05) is 27.7 Å². The van der Waals surface area contributed by atoms with Gasteiger partial charge in [0.25, 0.3) is 0 Å². The molecule has 0 spiro atoms. The smallest absolute Gasteiger partial charge is 0.246 e. The Morgan fingerprint density at radius 2 is 2.00 bits per heavy atom. The van der Waals surface area contributed by atoms with Crippen molar-refractivity contribution < 1.29 is 8.42 Å². The van der Waals surface area contributed by atoms with Crippen molar-refractivity contribution in [1.82, 2.24) is 19.4 Å². The minimum absolute atomic E-state index is 0.0365. The lowest BCUT2D eigenvalue weighted by atomic mass is 10.3.